The van der Waals surface area contributed by atoms with E-state index in [1.807, 2.05) is 19.2 Å². The molecule has 0 spiro atoms. The van der Waals surface area contributed by atoms with Gasteiger partial charge in [0, 0.05) is 29.7 Å². The maximum atomic E-state index is 13.7. The monoisotopic (exact) mass is 293 g/mol. The van der Waals surface area contributed by atoms with Crippen molar-refractivity contribution in [1.29, 1.82) is 0 Å². The quantitative estimate of drug-likeness (QED) is 0.903. The lowest BCUT2D eigenvalue weighted by atomic mass is 10.0. The summed E-state index contributed by atoms with van der Waals surface area (Å²) in [6.07, 6.45) is 0.272. The zero-order chi connectivity index (χ0) is 14.7. The standard InChI is InChI=1S/C16H20FNOS/c1-11-9-16(14(12(2)19)10-15(11)17)18(3)7-6-13-5-4-8-20-13/h4-5,8-10,12,19H,6-7H2,1-3H3/t12-/m0/s1. The average molecular weight is 293 g/mol. The fourth-order valence-corrected chi connectivity index (χ4v) is 2.90. The number of anilines is 1. The molecule has 2 aromatic rings. The molecule has 20 heavy (non-hydrogen) atoms. The number of thiophene rings is 1. The topological polar surface area (TPSA) is 23.5 Å². The zero-order valence-electron chi connectivity index (χ0n) is 12.1. The molecule has 1 aromatic heterocycles. The highest BCUT2D eigenvalue weighted by Crippen LogP contribution is 2.29. The summed E-state index contributed by atoms with van der Waals surface area (Å²) in [5.74, 6) is -0.267. The van der Waals surface area contributed by atoms with Crippen LogP contribution < -0.4 is 4.90 Å². The number of likely N-dealkylation sites (N-methyl/N-ethyl adjacent to an activating group) is 1. The largest absolute Gasteiger partial charge is 0.389 e. The van der Waals surface area contributed by atoms with E-state index in [1.54, 1.807) is 25.2 Å². The highest BCUT2D eigenvalue weighted by Gasteiger charge is 2.15. The van der Waals surface area contributed by atoms with Crippen molar-refractivity contribution in [3.63, 3.8) is 0 Å². The maximum Gasteiger partial charge on any atom is 0.126 e. The number of aryl methyl sites for hydroxylation is 1. The van der Waals surface area contributed by atoms with E-state index in [0.717, 1.165) is 18.7 Å². The summed E-state index contributed by atoms with van der Waals surface area (Å²) in [5, 5.41) is 11.9. The summed E-state index contributed by atoms with van der Waals surface area (Å²) in [7, 11) is 1.98. The molecule has 4 heteroatoms. The smallest absolute Gasteiger partial charge is 0.126 e. The van der Waals surface area contributed by atoms with Gasteiger partial charge in [0.2, 0.25) is 0 Å². The van der Waals surface area contributed by atoms with Crippen LogP contribution in [-0.4, -0.2) is 18.7 Å². The Balaban J connectivity index is 2.19. The molecule has 0 amide bonds. The number of aliphatic hydroxyl groups is 1. The van der Waals surface area contributed by atoms with Gasteiger partial charge in [0.25, 0.3) is 0 Å². The Morgan fingerprint density at radius 1 is 1.40 bits per heavy atom. The second-order valence-corrected chi connectivity index (χ2v) is 6.12. The van der Waals surface area contributed by atoms with E-state index in [9.17, 15) is 9.50 Å². The van der Waals surface area contributed by atoms with Gasteiger partial charge in [-0.25, -0.2) is 4.39 Å². The minimum absolute atomic E-state index is 0.267. The van der Waals surface area contributed by atoms with Crippen molar-refractivity contribution in [1.82, 2.24) is 0 Å². The molecule has 2 nitrogen and oxygen atoms in total. The van der Waals surface area contributed by atoms with Gasteiger partial charge >= 0.3 is 0 Å². The summed E-state index contributed by atoms with van der Waals surface area (Å²) >= 11 is 1.74. The molecule has 0 aliphatic rings. The summed E-state index contributed by atoms with van der Waals surface area (Å²) in [4.78, 5) is 3.41. The number of benzene rings is 1. The van der Waals surface area contributed by atoms with Crippen LogP contribution in [0.5, 0.6) is 0 Å². The molecule has 0 aliphatic heterocycles. The van der Waals surface area contributed by atoms with E-state index in [4.69, 9.17) is 0 Å². The molecule has 0 saturated heterocycles. The van der Waals surface area contributed by atoms with Crippen molar-refractivity contribution in [2.45, 2.75) is 26.4 Å². The van der Waals surface area contributed by atoms with Gasteiger partial charge in [-0.05, 0) is 49.4 Å². The maximum absolute atomic E-state index is 13.7. The Kier molecular flexibility index (Phi) is 4.78. The highest BCUT2D eigenvalue weighted by atomic mass is 32.1. The first kappa shape index (κ1) is 15.0. The minimum atomic E-state index is -0.677. The van der Waals surface area contributed by atoms with Gasteiger partial charge in [0.15, 0.2) is 0 Å². The van der Waals surface area contributed by atoms with Crippen LogP contribution in [-0.2, 0) is 6.42 Å². The second-order valence-electron chi connectivity index (χ2n) is 5.09. The summed E-state index contributed by atoms with van der Waals surface area (Å²) < 4.78 is 13.7. The molecule has 2 rings (SSSR count). The SMILES string of the molecule is Cc1cc(N(C)CCc2cccs2)c([C@H](C)O)cc1F. The summed E-state index contributed by atoms with van der Waals surface area (Å²) in [6, 6.07) is 7.41. The summed E-state index contributed by atoms with van der Waals surface area (Å²) in [6.45, 7) is 4.25. The van der Waals surface area contributed by atoms with Crippen LogP contribution in [0.3, 0.4) is 0 Å². The number of hydrogen-bond donors (Lipinski definition) is 1. The van der Waals surface area contributed by atoms with Gasteiger partial charge in [-0.1, -0.05) is 6.07 Å². The lowest BCUT2D eigenvalue weighted by Crippen LogP contribution is -2.22. The third-order valence-electron chi connectivity index (χ3n) is 3.44. The van der Waals surface area contributed by atoms with Crippen LogP contribution in [0.2, 0.25) is 0 Å². The number of nitrogens with zero attached hydrogens (tertiary/aromatic N) is 1. The molecule has 0 radical (unpaired) electrons. The average Bonchev–Trinajstić information content (AvgIpc) is 2.91. The van der Waals surface area contributed by atoms with Crippen LogP contribution in [0.25, 0.3) is 0 Å². The van der Waals surface area contributed by atoms with E-state index in [0.29, 0.717) is 11.1 Å². The Hall–Kier alpha value is -1.39. The van der Waals surface area contributed by atoms with Crippen molar-refractivity contribution in [3.05, 3.63) is 51.5 Å². The van der Waals surface area contributed by atoms with E-state index < -0.39 is 6.10 Å². The number of rotatable bonds is 5. The normalized spacial score (nSPS) is 12.4. The van der Waals surface area contributed by atoms with Crippen LogP contribution in [0, 0.1) is 12.7 Å². The van der Waals surface area contributed by atoms with Crippen LogP contribution in [0.4, 0.5) is 10.1 Å². The molecule has 1 atom stereocenters. The van der Waals surface area contributed by atoms with Gasteiger partial charge in [-0.3, -0.25) is 0 Å². The first-order chi connectivity index (χ1) is 9.49. The number of aliphatic hydroxyl groups excluding tert-OH is 1. The molecule has 1 aromatic carbocycles. The van der Waals surface area contributed by atoms with Crippen LogP contribution in [0.1, 0.15) is 29.0 Å². The minimum Gasteiger partial charge on any atom is -0.389 e. The van der Waals surface area contributed by atoms with Gasteiger partial charge in [0.05, 0.1) is 6.10 Å². The van der Waals surface area contributed by atoms with Crippen LogP contribution >= 0.6 is 11.3 Å². The van der Waals surface area contributed by atoms with Gasteiger partial charge in [-0.2, -0.15) is 0 Å². The molecular weight excluding hydrogens is 273 g/mol. The van der Waals surface area contributed by atoms with Gasteiger partial charge in [-0.15, -0.1) is 11.3 Å². The number of hydrogen-bond acceptors (Lipinski definition) is 3. The highest BCUT2D eigenvalue weighted by molar-refractivity contribution is 7.09. The van der Waals surface area contributed by atoms with Crippen molar-refractivity contribution in [3.8, 4) is 0 Å². The predicted molar refractivity (Wildman–Crippen MR) is 83.1 cm³/mol. The lowest BCUT2D eigenvalue weighted by Gasteiger charge is -2.24. The summed E-state index contributed by atoms with van der Waals surface area (Å²) in [5.41, 5.74) is 2.14. The van der Waals surface area contributed by atoms with Gasteiger partial charge in [0.1, 0.15) is 5.82 Å². The van der Waals surface area contributed by atoms with Crippen LogP contribution in [0.15, 0.2) is 29.6 Å². The Bertz CT molecular complexity index is 566. The van der Waals surface area contributed by atoms with Crippen molar-refractivity contribution in [2.24, 2.45) is 0 Å². The first-order valence-corrected chi connectivity index (χ1v) is 7.58. The van der Waals surface area contributed by atoms with E-state index in [2.05, 4.69) is 16.3 Å². The molecule has 108 valence electrons. The third kappa shape index (κ3) is 3.38. The molecule has 0 aliphatic carbocycles. The molecule has 0 saturated carbocycles. The molecule has 1 N–H and O–H groups in total. The Morgan fingerprint density at radius 2 is 2.15 bits per heavy atom. The molecule has 0 unspecified atom stereocenters. The van der Waals surface area contributed by atoms with Crippen molar-refractivity contribution in [2.75, 3.05) is 18.5 Å². The Labute approximate surface area is 123 Å². The molecule has 0 bridgehead atoms. The first-order valence-electron chi connectivity index (χ1n) is 6.70. The lowest BCUT2D eigenvalue weighted by molar-refractivity contribution is 0.199. The molecular formula is C16H20FNOS. The van der Waals surface area contributed by atoms with E-state index in [1.165, 1.54) is 10.9 Å². The van der Waals surface area contributed by atoms with Crippen molar-refractivity contribution < 1.29 is 9.50 Å². The Morgan fingerprint density at radius 3 is 2.75 bits per heavy atom. The fourth-order valence-electron chi connectivity index (χ4n) is 2.20. The van der Waals surface area contributed by atoms with Crippen molar-refractivity contribution >= 4 is 17.0 Å². The zero-order valence-corrected chi connectivity index (χ0v) is 12.9. The number of halogens is 1. The molecule has 1 heterocycles. The fraction of sp³-hybridized carbons (Fsp3) is 0.375. The second kappa shape index (κ2) is 6.37. The van der Waals surface area contributed by atoms with E-state index in [-0.39, 0.29) is 5.82 Å². The predicted octanol–water partition coefficient (Wildman–Crippen LogP) is 3.93. The van der Waals surface area contributed by atoms with Gasteiger partial charge < -0.3 is 10.0 Å². The molecule has 0 fully saturated rings. The third-order valence-corrected chi connectivity index (χ3v) is 4.38. The van der Waals surface area contributed by atoms with E-state index >= 15 is 0 Å².